The summed E-state index contributed by atoms with van der Waals surface area (Å²) in [5.41, 5.74) is 1.80. The van der Waals surface area contributed by atoms with Crippen molar-refractivity contribution in [1.29, 1.82) is 0 Å². The molecule has 7 heteroatoms. The van der Waals surface area contributed by atoms with Crippen molar-refractivity contribution < 1.29 is 19.3 Å². The van der Waals surface area contributed by atoms with E-state index in [4.69, 9.17) is 14.2 Å². The Labute approximate surface area is 164 Å². The first-order chi connectivity index (χ1) is 13.7. The third-order valence-corrected chi connectivity index (χ3v) is 4.22. The van der Waals surface area contributed by atoms with E-state index >= 15 is 0 Å². The quantitative estimate of drug-likeness (QED) is 0.440. The first-order valence-corrected chi connectivity index (χ1v) is 9.49. The van der Waals surface area contributed by atoms with Gasteiger partial charge in [0.05, 0.1) is 17.5 Å². The number of hydrogen-bond acceptors (Lipinski definition) is 6. The highest BCUT2D eigenvalue weighted by atomic mass is 16.5. The van der Waals surface area contributed by atoms with Crippen molar-refractivity contribution >= 4 is 10.9 Å². The Morgan fingerprint density at radius 1 is 1.04 bits per heavy atom. The van der Waals surface area contributed by atoms with E-state index in [9.17, 15) is 5.11 Å². The van der Waals surface area contributed by atoms with Crippen LogP contribution in [0.25, 0.3) is 10.9 Å². The number of rotatable bonds is 11. The van der Waals surface area contributed by atoms with Crippen LogP contribution in [-0.2, 0) is 0 Å². The molecule has 0 saturated heterocycles. The molecule has 0 saturated carbocycles. The summed E-state index contributed by atoms with van der Waals surface area (Å²) in [6, 6.07) is 13.3. The van der Waals surface area contributed by atoms with E-state index in [1.807, 2.05) is 56.3 Å². The van der Waals surface area contributed by atoms with E-state index in [2.05, 4.69) is 15.5 Å². The number of benzene rings is 2. The normalized spacial score (nSPS) is 12.1. The van der Waals surface area contributed by atoms with Gasteiger partial charge in [0.15, 0.2) is 11.5 Å². The summed E-state index contributed by atoms with van der Waals surface area (Å²) in [4.78, 5) is 0. The number of hydrogen-bond donors (Lipinski definition) is 3. The highest BCUT2D eigenvalue weighted by molar-refractivity contribution is 5.87. The third kappa shape index (κ3) is 5.15. The fourth-order valence-electron chi connectivity index (χ4n) is 2.90. The molecule has 1 aromatic heterocycles. The molecule has 0 aliphatic rings. The number of para-hydroxylation sites is 2. The van der Waals surface area contributed by atoms with Gasteiger partial charge in [0.25, 0.3) is 0 Å². The predicted molar refractivity (Wildman–Crippen MR) is 108 cm³/mol. The highest BCUT2D eigenvalue weighted by Crippen LogP contribution is 2.27. The van der Waals surface area contributed by atoms with E-state index in [-0.39, 0.29) is 6.61 Å². The average molecular weight is 385 g/mol. The van der Waals surface area contributed by atoms with Crippen LogP contribution in [0.4, 0.5) is 0 Å². The number of aromatic nitrogens is 2. The van der Waals surface area contributed by atoms with Gasteiger partial charge in [0.1, 0.15) is 25.1 Å². The van der Waals surface area contributed by atoms with Crippen LogP contribution in [0, 0.1) is 6.92 Å². The maximum Gasteiger partial charge on any atom is 0.161 e. The molecule has 0 amide bonds. The number of H-pyrrole nitrogens is 1. The molecule has 1 atom stereocenters. The summed E-state index contributed by atoms with van der Waals surface area (Å²) in [6.45, 7) is 6.18. The molecular formula is C21H27N3O4. The fourth-order valence-corrected chi connectivity index (χ4v) is 2.90. The molecule has 28 heavy (non-hydrogen) atoms. The minimum atomic E-state index is -0.627. The summed E-state index contributed by atoms with van der Waals surface area (Å²) in [6.07, 6.45) is -0.627. The molecule has 0 spiro atoms. The smallest absolute Gasteiger partial charge is 0.161 e. The largest absolute Gasteiger partial charge is 0.490 e. The first-order valence-electron chi connectivity index (χ1n) is 9.49. The predicted octanol–water partition coefficient (Wildman–Crippen LogP) is 2.68. The van der Waals surface area contributed by atoms with Gasteiger partial charge < -0.3 is 24.6 Å². The van der Waals surface area contributed by atoms with Crippen LogP contribution in [0.1, 0.15) is 12.6 Å². The number of aliphatic hydroxyl groups is 1. The van der Waals surface area contributed by atoms with Crippen molar-refractivity contribution in [3.8, 4) is 17.2 Å². The van der Waals surface area contributed by atoms with E-state index in [1.165, 1.54) is 0 Å². The number of aromatic amines is 1. The van der Waals surface area contributed by atoms with Crippen molar-refractivity contribution in [2.45, 2.75) is 20.0 Å². The van der Waals surface area contributed by atoms with Gasteiger partial charge in [-0.25, -0.2) is 0 Å². The Kier molecular flexibility index (Phi) is 7.11. The Morgan fingerprint density at radius 2 is 1.79 bits per heavy atom. The second-order valence-corrected chi connectivity index (χ2v) is 6.40. The molecule has 0 radical (unpaired) electrons. The highest BCUT2D eigenvalue weighted by Gasteiger charge is 2.11. The van der Waals surface area contributed by atoms with Gasteiger partial charge in [-0.2, -0.15) is 5.10 Å². The van der Waals surface area contributed by atoms with E-state index in [1.54, 1.807) is 0 Å². The lowest BCUT2D eigenvalue weighted by Gasteiger charge is -2.15. The molecule has 3 aromatic rings. The zero-order valence-electron chi connectivity index (χ0n) is 16.3. The van der Waals surface area contributed by atoms with Gasteiger partial charge in [-0.05, 0) is 38.1 Å². The molecule has 0 unspecified atom stereocenters. The number of fused-ring (bicyclic) bond motifs is 1. The molecule has 0 bridgehead atoms. The van der Waals surface area contributed by atoms with Gasteiger partial charge in [-0.3, -0.25) is 5.10 Å². The molecular weight excluding hydrogens is 358 g/mol. The minimum Gasteiger partial charge on any atom is -0.490 e. The van der Waals surface area contributed by atoms with Crippen LogP contribution in [-0.4, -0.2) is 54.3 Å². The van der Waals surface area contributed by atoms with Crippen molar-refractivity contribution in [2.75, 3.05) is 32.9 Å². The van der Waals surface area contributed by atoms with Crippen LogP contribution < -0.4 is 19.5 Å². The molecule has 7 nitrogen and oxygen atoms in total. The van der Waals surface area contributed by atoms with Crippen LogP contribution in [0.2, 0.25) is 0 Å². The minimum absolute atomic E-state index is 0.199. The van der Waals surface area contributed by atoms with Crippen LogP contribution in [0.5, 0.6) is 17.2 Å². The Balaban J connectivity index is 1.38. The van der Waals surface area contributed by atoms with Crippen LogP contribution in [0.15, 0.2) is 42.5 Å². The summed E-state index contributed by atoms with van der Waals surface area (Å²) < 4.78 is 17.1. The Bertz CT molecular complexity index is 881. The van der Waals surface area contributed by atoms with Crippen molar-refractivity contribution in [2.24, 2.45) is 0 Å². The average Bonchev–Trinajstić information content (AvgIpc) is 3.09. The molecule has 3 rings (SSSR count). The lowest BCUT2D eigenvalue weighted by atomic mass is 10.2. The van der Waals surface area contributed by atoms with Gasteiger partial charge >= 0.3 is 0 Å². The van der Waals surface area contributed by atoms with Crippen molar-refractivity contribution in [3.05, 3.63) is 48.2 Å². The van der Waals surface area contributed by atoms with Crippen molar-refractivity contribution in [3.63, 3.8) is 0 Å². The summed E-state index contributed by atoms with van der Waals surface area (Å²) in [7, 11) is 0. The number of aryl methyl sites for hydroxylation is 1. The summed E-state index contributed by atoms with van der Waals surface area (Å²) >= 11 is 0. The molecule has 0 fully saturated rings. The van der Waals surface area contributed by atoms with Crippen molar-refractivity contribution in [1.82, 2.24) is 15.5 Å². The zero-order valence-corrected chi connectivity index (χ0v) is 16.3. The standard InChI is InChI=1S/C21H27N3O4/c1-3-26-18-8-4-5-9-19(18)27-12-11-22-13-16(25)14-28-20-10-6-7-17-21(20)15(2)23-24-17/h4-10,16,22,25H,3,11-14H2,1-2H3,(H,23,24)/t16-/m0/s1. The zero-order chi connectivity index (χ0) is 19.8. The summed E-state index contributed by atoms with van der Waals surface area (Å²) in [5, 5.41) is 21.4. The topological polar surface area (TPSA) is 88.6 Å². The third-order valence-electron chi connectivity index (χ3n) is 4.22. The van der Waals surface area contributed by atoms with Crippen LogP contribution >= 0.6 is 0 Å². The molecule has 3 N–H and O–H groups in total. The monoisotopic (exact) mass is 385 g/mol. The van der Waals surface area contributed by atoms with E-state index < -0.39 is 6.10 Å². The SMILES string of the molecule is CCOc1ccccc1OCCNC[C@H](O)COc1cccc2n[nH]c(C)c12. The molecule has 1 heterocycles. The number of nitrogens with one attached hydrogen (secondary N) is 2. The lowest BCUT2D eigenvalue weighted by Crippen LogP contribution is -2.33. The van der Waals surface area contributed by atoms with Gasteiger partial charge in [0.2, 0.25) is 0 Å². The fraction of sp³-hybridized carbons (Fsp3) is 0.381. The Morgan fingerprint density at radius 3 is 2.57 bits per heavy atom. The maximum absolute atomic E-state index is 10.2. The van der Waals surface area contributed by atoms with Gasteiger partial charge in [-0.1, -0.05) is 18.2 Å². The molecule has 0 aliphatic carbocycles. The molecule has 150 valence electrons. The maximum atomic E-state index is 10.2. The van der Waals surface area contributed by atoms with E-state index in [0.717, 1.165) is 33.8 Å². The van der Waals surface area contributed by atoms with Gasteiger partial charge in [-0.15, -0.1) is 0 Å². The van der Waals surface area contributed by atoms with Crippen LogP contribution in [0.3, 0.4) is 0 Å². The number of nitrogens with zero attached hydrogens (tertiary/aromatic N) is 1. The summed E-state index contributed by atoms with van der Waals surface area (Å²) in [5.74, 6) is 2.18. The first kappa shape index (κ1) is 20.0. The van der Waals surface area contributed by atoms with E-state index in [0.29, 0.717) is 26.3 Å². The number of aliphatic hydroxyl groups excluding tert-OH is 1. The lowest BCUT2D eigenvalue weighted by molar-refractivity contribution is 0.106. The van der Waals surface area contributed by atoms with Gasteiger partial charge in [0, 0.05) is 18.8 Å². The molecule has 0 aliphatic heterocycles. The number of ether oxygens (including phenoxy) is 3. The second-order valence-electron chi connectivity index (χ2n) is 6.40. The second kappa shape index (κ2) is 9.96. The molecule has 2 aromatic carbocycles. The Hall–Kier alpha value is -2.77.